The normalized spacial score (nSPS) is 11.5. The molecule has 0 saturated heterocycles. The molecule has 1 heterocycles. The lowest BCUT2D eigenvalue weighted by molar-refractivity contribution is 0.273. The number of rotatable bonds is 8. The molecule has 0 aliphatic rings. The summed E-state index contributed by atoms with van der Waals surface area (Å²) in [7, 11) is 2.16. The highest BCUT2D eigenvalue weighted by atomic mass is 15.3. The van der Waals surface area contributed by atoms with E-state index < -0.39 is 0 Å². The van der Waals surface area contributed by atoms with E-state index in [2.05, 4.69) is 66.7 Å². The van der Waals surface area contributed by atoms with Crippen molar-refractivity contribution in [2.45, 2.75) is 33.0 Å². The van der Waals surface area contributed by atoms with Crippen LogP contribution >= 0.6 is 0 Å². The smallest absolute Gasteiger partial charge is 0.0659 e. The van der Waals surface area contributed by atoms with Gasteiger partial charge < -0.3 is 10.2 Å². The van der Waals surface area contributed by atoms with E-state index in [0.717, 1.165) is 26.2 Å². The van der Waals surface area contributed by atoms with E-state index in [4.69, 9.17) is 0 Å². The number of likely N-dealkylation sites (N-methyl/N-ethyl adjacent to an activating group) is 1. The summed E-state index contributed by atoms with van der Waals surface area (Å²) in [5.41, 5.74) is 2.51. The van der Waals surface area contributed by atoms with Gasteiger partial charge in [0.25, 0.3) is 0 Å². The molecule has 0 atom stereocenters. The zero-order chi connectivity index (χ0) is 15.1. The van der Waals surface area contributed by atoms with Crippen molar-refractivity contribution in [1.82, 2.24) is 20.0 Å². The summed E-state index contributed by atoms with van der Waals surface area (Å²) >= 11 is 0. The third-order valence-corrected chi connectivity index (χ3v) is 3.73. The average Bonchev–Trinajstić information content (AvgIpc) is 2.92. The van der Waals surface area contributed by atoms with Crippen molar-refractivity contribution in [1.29, 1.82) is 0 Å². The maximum Gasteiger partial charge on any atom is 0.0659 e. The Labute approximate surface area is 127 Å². The summed E-state index contributed by atoms with van der Waals surface area (Å²) < 4.78 is 1.99. The number of nitrogens with one attached hydrogen (secondary N) is 1. The highest BCUT2D eigenvalue weighted by molar-refractivity contribution is 5.15. The van der Waals surface area contributed by atoms with Crippen LogP contribution < -0.4 is 5.32 Å². The maximum atomic E-state index is 4.42. The Balaban J connectivity index is 1.73. The molecular weight excluding hydrogens is 260 g/mol. The van der Waals surface area contributed by atoms with Crippen LogP contribution in [-0.4, -0.2) is 40.9 Å². The molecular formula is C17H26N4. The minimum atomic E-state index is 0.598. The molecule has 0 fully saturated rings. The molecule has 0 saturated carbocycles. The van der Waals surface area contributed by atoms with Crippen LogP contribution in [0.2, 0.25) is 0 Å². The van der Waals surface area contributed by atoms with Gasteiger partial charge in [-0.15, -0.1) is 0 Å². The molecule has 2 aromatic rings. The van der Waals surface area contributed by atoms with Crippen LogP contribution in [0.1, 0.15) is 25.0 Å². The highest BCUT2D eigenvalue weighted by Gasteiger charge is 2.03. The zero-order valence-electron chi connectivity index (χ0n) is 13.3. The number of hydrogen-bond acceptors (Lipinski definition) is 3. The van der Waals surface area contributed by atoms with Gasteiger partial charge in [-0.1, -0.05) is 30.3 Å². The summed E-state index contributed by atoms with van der Waals surface area (Å²) in [5.74, 6) is 0. The summed E-state index contributed by atoms with van der Waals surface area (Å²) in [6.07, 6.45) is 4.06. The molecule has 0 spiro atoms. The van der Waals surface area contributed by atoms with Crippen molar-refractivity contribution >= 4 is 0 Å². The fourth-order valence-electron chi connectivity index (χ4n) is 2.10. The first kappa shape index (κ1) is 15.7. The maximum absolute atomic E-state index is 4.42. The van der Waals surface area contributed by atoms with Crippen LogP contribution in [0.15, 0.2) is 42.7 Å². The Kier molecular flexibility index (Phi) is 5.96. The molecule has 0 radical (unpaired) electrons. The van der Waals surface area contributed by atoms with Crippen molar-refractivity contribution < 1.29 is 0 Å². The molecule has 0 unspecified atom stereocenters. The van der Waals surface area contributed by atoms with Gasteiger partial charge in [0, 0.05) is 37.4 Å². The third kappa shape index (κ3) is 5.33. The number of aromatic nitrogens is 2. The number of hydrogen-bond donors (Lipinski definition) is 1. The minimum Gasteiger partial charge on any atom is -0.311 e. The van der Waals surface area contributed by atoms with Gasteiger partial charge in [-0.05, 0) is 26.5 Å². The van der Waals surface area contributed by atoms with E-state index in [1.54, 1.807) is 0 Å². The molecule has 4 heteroatoms. The van der Waals surface area contributed by atoms with Gasteiger partial charge in [0.15, 0.2) is 0 Å². The highest BCUT2D eigenvalue weighted by Crippen LogP contribution is 2.03. The molecule has 0 bridgehead atoms. The van der Waals surface area contributed by atoms with Crippen molar-refractivity contribution in [3.05, 3.63) is 53.9 Å². The van der Waals surface area contributed by atoms with E-state index in [0.29, 0.717) is 6.04 Å². The van der Waals surface area contributed by atoms with Crippen molar-refractivity contribution in [3.63, 3.8) is 0 Å². The van der Waals surface area contributed by atoms with E-state index in [1.807, 2.05) is 16.9 Å². The third-order valence-electron chi connectivity index (χ3n) is 3.73. The molecule has 2 rings (SSSR count). The predicted octanol–water partition coefficient (Wildman–Crippen LogP) is 2.36. The van der Waals surface area contributed by atoms with Gasteiger partial charge in [0.2, 0.25) is 0 Å². The van der Waals surface area contributed by atoms with E-state index in [9.17, 15) is 0 Å². The van der Waals surface area contributed by atoms with E-state index in [1.165, 1.54) is 11.1 Å². The van der Waals surface area contributed by atoms with Gasteiger partial charge in [-0.3, -0.25) is 4.68 Å². The molecule has 4 nitrogen and oxygen atoms in total. The Hall–Kier alpha value is -1.65. The summed E-state index contributed by atoms with van der Waals surface area (Å²) in [6.45, 7) is 8.20. The minimum absolute atomic E-state index is 0.598. The van der Waals surface area contributed by atoms with Gasteiger partial charge in [-0.25, -0.2) is 0 Å². The van der Waals surface area contributed by atoms with E-state index >= 15 is 0 Å². The number of nitrogens with zero attached hydrogens (tertiary/aromatic N) is 3. The average molecular weight is 286 g/mol. The Bertz CT molecular complexity index is 519. The summed E-state index contributed by atoms with van der Waals surface area (Å²) in [6, 6.07) is 11.0. The van der Waals surface area contributed by atoms with Gasteiger partial charge >= 0.3 is 0 Å². The molecule has 0 aliphatic carbocycles. The van der Waals surface area contributed by atoms with Crippen LogP contribution in [0.5, 0.6) is 0 Å². The van der Waals surface area contributed by atoms with Gasteiger partial charge in [0.1, 0.15) is 0 Å². The second kappa shape index (κ2) is 7.96. The van der Waals surface area contributed by atoms with Crippen LogP contribution in [0, 0.1) is 0 Å². The molecule has 0 amide bonds. The van der Waals surface area contributed by atoms with Crippen molar-refractivity contribution in [3.8, 4) is 0 Å². The first-order chi connectivity index (χ1) is 10.1. The topological polar surface area (TPSA) is 33.1 Å². The lowest BCUT2D eigenvalue weighted by Crippen LogP contribution is -2.33. The Morgan fingerprint density at radius 3 is 2.67 bits per heavy atom. The number of benzene rings is 1. The second-order valence-electron chi connectivity index (χ2n) is 5.78. The molecule has 114 valence electrons. The lowest BCUT2D eigenvalue weighted by atomic mass is 10.2. The van der Waals surface area contributed by atoms with Crippen LogP contribution in [0.3, 0.4) is 0 Å². The van der Waals surface area contributed by atoms with E-state index in [-0.39, 0.29) is 0 Å². The summed E-state index contributed by atoms with van der Waals surface area (Å²) in [5, 5.41) is 7.89. The summed E-state index contributed by atoms with van der Waals surface area (Å²) in [4.78, 5) is 2.34. The fraction of sp³-hybridized carbons (Fsp3) is 0.471. The van der Waals surface area contributed by atoms with Crippen LogP contribution in [-0.2, 0) is 13.1 Å². The van der Waals surface area contributed by atoms with Crippen molar-refractivity contribution in [2.75, 3.05) is 20.1 Å². The van der Waals surface area contributed by atoms with Crippen molar-refractivity contribution in [2.24, 2.45) is 0 Å². The molecule has 1 N–H and O–H groups in total. The standard InChI is InChI=1S/C17H26N4/c1-15(2)20(3)10-9-18-11-17-12-19-21(14-17)13-16-7-5-4-6-8-16/h4-8,12,14-15,18H,9-11,13H2,1-3H3. The molecule has 21 heavy (non-hydrogen) atoms. The second-order valence-corrected chi connectivity index (χ2v) is 5.78. The fourth-order valence-corrected chi connectivity index (χ4v) is 2.10. The molecule has 1 aromatic carbocycles. The molecule has 1 aromatic heterocycles. The predicted molar refractivity (Wildman–Crippen MR) is 87.2 cm³/mol. The van der Waals surface area contributed by atoms with Crippen LogP contribution in [0.25, 0.3) is 0 Å². The zero-order valence-corrected chi connectivity index (χ0v) is 13.3. The SMILES string of the molecule is CC(C)N(C)CCNCc1cnn(Cc2ccccc2)c1. The van der Waals surface area contributed by atoms with Gasteiger partial charge in [-0.2, -0.15) is 5.10 Å². The monoisotopic (exact) mass is 286 g/mol. The quantitative estimate of drug-likeness (QED) is 0.756. The van der Waals surface area contributed by atoms with Gasteiger partial charge in [0.05, 0.1) is 12.7 Å². The first-order valence-electron chi connectivity index (χ1n) is 7.61. The first-order valence-corrected chi connectivity index (χ1v) is 7.61. The Morgan fingerprint density at radius 1 is 1.19 bits per heavy atom. The van der Waals surface area contributed by atoms with Crippen LogP contribution in [0.4, 0.5) is 0 Å². The lowest BCUT2D eigenvalue weighted by Gasteiger charge is -2.20. The Morgan fingerprint density at radius 2 is 1.95 bits per heavy atom. The molecule has 0 aliphatic heterocycles. The largest absolute Gasteiger partial charge is 0.311 e.